The van der Waals surface area contributed by atoms with Crippen LogP contribution < -0.4 is 0 Å². The van der Waals surface area contributed by atoms with Gasteiger partial charge < -0.3 is 4.90 Å². The molecule has 0 unspecified atom stereocenters. The van der Waals surface area contributed by atoms with Crippen LogP contribution in [0.15, 0.2) is 0 Å². The van der Waals surface area contributed by atoms with E-state index in [1.807, 2.05) is 4.90 Å². The van der Waals surface area contributed by atoms with E-state index in [9.17, 15) is 4.79 Å². The maximum Gasteiger partial charge on any atom is 0.223 e. The van der Waals surface area contributed by atoms with Gasteiger partial charge in [0.2, 0.25) is 5.91 Å². The van der Waals surface area contributed by atoms with E-state index in [-0.39, 0.29) is 5.91 Å². The van der Waals surface area contributed by atoms with Crippen molar-refractivity contribution in [2.45, 2.75) is 38.1 Å². The number of rotatable bonds is 1. The Bertz CT molecular complexity index is 216. The van der Waals surface area contributed by atoms with E-state index in [1.165, 1.54) is 32.1 Å². The highest BCUT2D eigenvalue weighted by atomic mass is 16.2. The van der Waals surface area contributed by atoms with Crippen LogP contribution in [-0.2, 0) is 4.79 Å². The first-order valence-corrected chi connectivity index (χ1v) is 6.12. The fourth-order valence-corrected chi connectivity index (χ4v) is 2.78. The highest BCUT2D eigenvalue weighted by molar-refractivity contribution is 5.80. The Labute approximate surface area is 92.4 Å². The van der Waals surface area contributed by atoms with Crippen LogP contribution in [0.2, 0.25) is 0 Å². The molecule has 2 fully saturated rings. The van der Waals surface area contributed by atoms with Gasteiger partial charge in [-0.15, -0.1) is 0 Å². The van der Waals surface area contributed by atoms with Gasteiger partial charge in [0.05, 0.1) is 0 Å². The van der Waals surface area contributed by atoms with Gasteiger partial charge in [-0.3, -0.25) is 9.69 Å². The first kappa shape index (κ1) is 10.9. The summed E-state index contributed by atoms with van der Waals surface area (Å²) < 4.78 is 0. The molecule has 1 radical (unpaired) electrons. The summed E-state index contributed by atoms with van der Waals surface area (Å²) in [5.74, 6) is -0.0155. The van der Waals surface area contributed by atoms with Gasteiger partial charge in [0.15, 0.2) is 0 Å². The molecule has 0 spiro atoms. The summed E-state index contributed by atoms with van der Waals surface area (Å²) in [6.07, 6.45) is 6.91. The van der Waals surface area contributed by atoms with Crippen LogP contribution in [0.1, 0.15) is 32.1 Å². The average Bonchev–Trinajstić information content (AvgIpc) is 2.30. The molecule has 15 heavy (non-hydrogen) atoms. The van der Waals surface area contributed by atoms with Crippen LogP contribution in [0, 0.1) is 6.92 Å². The zero-order valence-corrected chi connectivity index (χ0v) is 9.45. The molecule has 1 aliphatic heterocycles. The van der Waals surface area contributed by atoms with E-state index in [4.69, 9.17) is 0 Å². The lowest BCUT2D eigenvalue weighted by molar-refractivity contribution is -0.128. The molecule has 1 saturated heterocycles. The van der Waals surface area contributed by atoms with Gasteiger partial charge in [0.1, 0.15) is 0 Å². The first-order chi connectivity index (χ1) is 7.27. The second-order valence-corrected chi connectivity index (χ2v) is 4.71. The van der Waals surface area contributed by atoms with Gasteiger partial charge in [-0.1, -0.05) is 19.3 Å². The predicted octanol–water partition coefficient (Wildman–Crippen LogP) is 1.30. The van der Waals surface area contributed by atoms with Crippen molar-refractivity contribution >= 4 is 5.91 Å². The number of carbonyl (C=O) groups excluding carboxylic acids is 1. The minimum atomic E-state index is -0.0155. The largest absolute Gasteiger partial charge is 0.340 e. The molecule has 1 saturated carbocycles. The van der Waals surface area contributed by atoms with Gasteiger partial charge >= 0.3 is 0 Å². The number of amides is 1. The molecule has 0 bridgehead atoms. The van der Waals surface area contributed by atoms with Crippen LogP contribution in [0.25, 0.3) is 0 Å². The molecule has 0 aromatic carbocycles. The van der Waals surface area contributed by atoms with Gasteiger partial charge in [0.25, 0.3) is 0 Å². The molecule has 1 amide bonds. The number of nitrogens with zero attached hydrogens (tertiary/aromatic N) is 2. The molecule has 0 N–H and O–H groups in total. The Morgan fingerprint density at radius 3 is 2.13 bits per heavy atom. The molecular weight excluding hydrogens is 188 g/mol. The van der Waals surface area contributed by atoms with Crippen LogP contribution in [0.5, 0.6) is 0 Å². The molecule has 0 atom stereocenters. The molecule has 0 aromatic heterocycles. The van der Waals surface area contributed by atoms with Crippen molar-refractivity contribution in [2.24, 2.45) is 0 Å². The number of hydrogen-bond donors (Lipinski definition) is 0. The highest BCUT2D eigenvalue weighted by Gasteiger charge is 2.25. The van der Waals surface area contributed by atoms with Crippen molar-refractivity contribution in [1.82, 2.24) is 9.80 Å². The molecule has 0 aromatic rings. The van der Waals surface area contributed by atoms with Crippen LogP contribution in [0.4, 0.5) is 0 Å². The molecule has 3 heteroatoms. The minimum absolute atomic E-state index is 0.0155. The number of hydrogen-bond acceptors (Lipinski definition) is 2. The van der Waals surface area contributed by atoms with Gasteiger partial charge in [-0.2, -0.15) is 0 Å². The Balaban J connectivity index is 1.79. The highest BCUT2D eigenvalue weighted by Crippen LogP contribution is 2.23. The normalized spacial score (nSPS) is 25.5. The predicted molar refractivity (Wildman–Crippen MR) is 60.4 cm³/mol. The summed E-state index contributed by atoms with van der Waals surface area (Å²) in [5.41, 5.74) is 0. The average molecular weight is 209 g/mol. The van der Waals surface area contributed by atoms with Gasteiger partial charge in [-0.25, -0.2) is 0 Å². The Morgan fingerprint density at radius 2 is 1.60 bits per heavy atom. The van der Waals surface area contributed by atoms with Crippen molar-refractivity contribution in [2.75, 3.05) is 26.2 Å². The van der Waals surface area contributed by atoms with E-state index in [1.54, 1.807) is 0 Å². The fourth-order valence-electron chi connectivity index (χ4n) is 2.78. The summed E-state index contributed by atoms with van der Waals surface area (Å²) >= 11 is 0. The van der Waals surface area contributed by atoms with Gasteiger partial charge in [-0.05, 0) is 12.8 Å². The maximum atomic E-state index is 11.1. The molecule has 1 aliphatic carbocycles. The second-order valence-electron chi connectivity index (χ2n) is 4.71. The maximum absolute atomic E-state index is 11.1. The smallest absolute Gasteiger partial charge is 0.223 e. The van der Waals surface area contributed by atoms with E-state index in [0.29, 0.717) is 0 Å². The van der Waals surface area contributed by atoms with Gasteiger partial charge in [0, 0.05) is 39.1 Å². The van der Waals surface area contributed by atoms with Crippen LogP contribution in [0.3, 0.4) is 0 Å². The van der Waals surface area contributed by atoms with Crippen molar-refractivity contribution in [3.8, 4) is 0 Å². The standard InChI is InChI=1S/C12H21N2O/c1-11(15)13-7-9-14(10-8-13)12-5-3-2-4-6-12/h12H,1-10H2. The third-order valence-corrected chi connectivity index (χ3v) is 3.76. The SMILES string of the molecule is [CH2]C(=O)N1CCN(C2CCCCC2)CC1. The zero-order valence-electron chi connectivity index (χ0n) is 9.45. The summed E-state index contributed by atoms with van der Waals surface area (Å²) in [7, 11) is 0. The lowest BCUT2D eigenvalue weighted by Gasteiger charge is -2.40. The van der Waals surface area contributed by atoms with E-state index in [2.05, 4.69) is 11.8 Å². The molecular formula is C12H21N2O. The topological polar surface area (TPSA) is 23.6 Å². The first-order valence-electron chi connectivity index (χ1n) is 6.12. The third kappa shape index (κ3) is 2.71. The molecule has 85 valence electrons. The Kier molecular flexibility index (Phi) is 3.62. The number of carbonyl (C=O) groups is 1. The quantitative estimate of drug-likeness (QED) is 0.650. The zero-order chi connectivity index (χ0) is 10.7. The van der Waals surface area contributed by atoms with E-state index in [0.717, 1.165) is 32.2 Å². The van der Waals surface area contributed by atoms with Crippen LogP contribution in [-0.4, -0.2) is 47.9 Å². The fraction of sp³-hybridized carbons (Fsp3) is 0.833. The summed E-state index contributed by atoms with van der Waals surface area (Å²) in [6, 6.07) is 0.792. The lowest BCUT2D eigenvalue weighted by Crippen LogP contribution is -2.51. The minimum Gasteiger partial charge on any atom is -0.340 e. The van der Waals surface area contributed by atoms with E-state index < -0.39 is 0 Å². The van der Waals surface area contributed by atoms with Crippen LogP contribution >= 0.6 is 0 Å². The van der Waals surface area contributed by atoms with Crippen molar-refractivity contribution < 1.29 is 4.79 Å². The Morgan fingerprint density at radius 1 is 1.00 bits per heavy atom. The second kappa shape index (κ2) is 4.97. The van der Waals surface area contributed by atoms with Crippen molar-refractivity contribution in [1.29, 1.82) is 0 Å². The molecule has 2 aliphatic rings. The summed E-state index contributed by atoms with van der Waals surface area (Å²) in [5, 5.41) is 0. The van der Waals surface area contributed by atoms with Crippen molar-refractivity contribution in [3.05, 3.63) is 6.92 Å². The van der Waals surface area contributed by atoms with Crippen molar-refractivity contribution in [3.63, 3.8) is 0 Å². The molecule has 3 nitrogen and oxygen atoms in total. The third-order valence-electron chi connectivity index (χ3n) is 3.76. The van der Waals surface area contributed by atoms with E-state index >= 15 is 0 Å². The molecule has 2 rings (SSSR count). The summed E-state index contributed by atoms with van der Waals surface area (Å²) in [6.45, 7) is 7.31. The number of piperazine rings is 1. The monoisotopic (exact) mass is 209 g/mol. The lowest BCUT2D eigenvalue weighted by atomic mass is 9.94. The molecule has 1 heterocycles. The summed E-state index contributed by atoms with van der Waals surface area (Å²) in [4.78, 5) is 15.5. The Hall–Kier alpha value is -0.570.